The number of hydrogen-bond donors (Lipinski definition) is 1. The normalized spacial score (nSPS) is 14.9. The van der Waals surface area contributed by atoms with E-state index in [2.05, 4.69) is 61.5 Å². The molecule has 2 aromatic heterocycles. The van der Waals surface area contributed by atoms with Gasteiger partial charge in [-0.15, -0.1) is 5.10 Å². The molecule has 3 aromatic carbocycles. The molecule has 3 heterocycles. The Morgan fingerprint density at radius 1 is 0.951 bits per heavy atom. The highest BCUT2D eigenvalue weighted by Crippen LogP contribution is 2.32. The molecule has 1 unspecified atom stereocenters. The molecule has 1 aliphatic heterocycles. The van der Waals surface area contributed by atoms with E-state index in [9.17, 15) is 4.79 Å². The lowest BCUT2D eigenvalue weighted by atomic mass is 9.99. The third-order valence-electron chi connectivity index (χ3n) is 8.00. The third-order valence-corrected chi connectivity index (χ3v) is 8.00. The molecule has 1 aliphatic rings. The summed E-state index contributed by atoms with van der Waals surface area (Å²) in [6, 6.07) is 24.2. The van der Waals surface area contributed by atoms with Gasteiger partial charge < -0.3 is 14.6 Å². The van der Waals surface area contributed by atoms with Crippen LogP contribution in [0.3, 0.4) is 0 Å². The lowest BCUT2D eigenvalue weighted by Crippen LogP contribution is -2.49. The molecular formula is C32H35N7O2. The van der Waals surface area contributed by atoms with Crippen LogP contribution in [0.25, 0.3) is 10.9 Å². The fourth-order valence-corrected chi connectivity index (χ4v) is 5.95. The summed E-state index contributed by atoms with van der Waals surface area (Å²) in [5.41, 5.74) is 5.93. The van der Waals surface area contributed by atoms with Crippen LogP contribution in [0.5, 0.6) is 5.75 Å². The SMILES string of the molecule is COc1ccccc1N1CCN(C(c2cc3c(C)cc(C)cc3[nH]c2=O)c2nnnn2CCc2ccccc2)CC1. The average molecular weight is 550 g/mol. The van der Waals surface area contributed by atoms with Gasteiger partial charge in [0.2, 0.25) is 0 Å². The molecular weight excluding hydrogens is 514 g/mol. The quantitative estimate of drug-likeness (QED) is 0.309. The molecule has 0 aliphatic carbocycles. The summed E-state index contributed by atoms with van der Waals surface area (Å²) in [6.45, 7) is 7.79. The topological polar surface area (TPSA) is 92.2 Å². The number of pyridine rings is 1. The fraction of sp³-hybridized carbons (Fsp3) is 0.312. The van der Waals surface area contributed by atoms with E-state index in [0.717, 1.165) is 66.1 Å². The Hall–Kier alpha value is -4.50. The Morgan fingerprint density at radius 2 is 1.71 bits per heavy atom. The second-order valence-electron chi connectivity index (χ2n) is 10.7. The number of methoxy groups -OCH3 is 1. The molecule has 1 atom stereocenters. The van der Waals surface area contributed by atoms with Crippen molar-refractivity contribution < 1.29 is 4.74 Å². The van der Waals surface area contributed by atoms with Gasteiger partial charge in [-0.1, -0.05) is 48.5 Å². The Morgan fingerprint density at radius 3 is 2.49 bits per heavy atom. The predicted molar refractivity (Wildman–Crippen MR) is 161 cm³/mol. The Kier molecular flexibility index (Phi) is 7.52. The lowest BCUT2D eigenvalue weighted by Gasteiger charge is -2.40. The summed E-state index contributed by atoms with van der Waals surface area (Å²) in [4.78, 5) is 21.5. The van der Waals surface area contributed by atoms with Gasteiger partial charge in [0.05, 0.1) is 12.8 Å². The van der Waals surface area contributed by atoms with Gasteiger partial charge >= 0.3 is 0 Å². The van der Waals surface area contributed by atoms with Crippen LogP contribution in [0.4, 0.5) is 5.69 Å². The number of nitrogens with zero attached hydrogens (tertiary/aromatic N) is 6. The van der Waals surface area contributed by atoms with Gasteiger partial charge in [-0.2, -0.15) is 0 Å². The van der Waals surface area contributed by atoms with E-state index < -0.39 is 6.04 Å². The first-order chi connectivity index (χ1) is 20.0. The number of tetrazole rings is 1. The average Bonchev–Trinajstić information content (AvgIpc) is 3.45. The minimum absolute atomic E-state index is 0.114. The number of H-pyrrole nitrogens is 1. The zero-order chi connectivity index (χ0) is 28.3. The first-order valence-electron chi connectivity index (χ1n) is 14.1. The first-order valence-corrected chi connectivity index (χ1v) is 14.1. The second-order valence-corrected chi connectivity index (χ2v) is 10.7. The maximum absolute atomic E-state index is 13.7. The molecule has 0 radical (unpaired) electrons. The van der Waals surface area contributed by atoms with E-state index in [1.54, 1.807) is 7.11 Å². The number of para-hydroxylation sites is 2. The Bertz CT molecular complexity index is 1700. The largest absolute Gasteiger partial charge is 0.495 e. The summed E-state index contributed by atoms with van der Waals surface area (Å²) < 4.78 is 7.48. The molecule has 1 saturated heterocycles. The van der Waals surface area contributed by atoms with E-state index in [1.165, 1.54) is 5.56 Å². The van der Waals surface area contributed by atoms with Crippen LogP contribution in [0.2, 0.25) is 0 Å². The second kappa shape index (κ2) is 11.5. The number of aromatic amines is 1. The van der Waals surface area contributed by atoms with Crippen molar-refractivity contribution in [1.29, 1.82) is 0 Å². The maximum Gasteiger partial charge on any atom is 0.253 e. The van der Waals surface area contributed by atoms with Crippen LogP contribution in [0.1, 0.15) is 34.1 Å². The Balaban J connectivity index is 1.37. The zero-order valence-corrected chi connectivity index (χ0v) is 23.7. The summed E-state index contributed by atoms with van der Waals surface area (Å²) in [5, 5.41) is 14.0. The lowest BCUT2D eigenvalue weighted by molar-refractivity contribution is 0.199. The number of aromatic nitrogens is 5. The minimum atomic E-state index is -0.394. The molecule has 5 aromatic rings. The number of ether oxygens (including phenoxy) is 1. The number of fused-ring (bicyclic) bond motifs is 1. The molecule has 6 rings (SSSR count). The van der Waals surface area contributed by atoms with E-state index in [0.29, 0.717) is 17.9 Å². The molecule has 0 saturated carbocycles. The molecule has 9 heteroatoms. The van der Waals surface area contributed by atoms with Crippen LogP contribution in [-0.4, -0.2) is 63.4 Å². The molecule has 1 fully saturated rings. The summed E-state index contributed by atoms with van der Waals surface area (Å²) in [7, 11) is 1.70. The highest BCUT2D eigenvalue weighted by atomic mass is 16.5. The van der Waals surface area contributed by atoms with Gasteiger partial charge in [0.15, 0.2) is 5.82 Å². The fourth-order valence-electron chi connectivity index (χ4n) is 5.95. The van der Waals surface area contributed by atoms with Crippen LogP contribution in [0, 0.1) is 13.8 Å². The van der Waals surface area contributed by atoms with E-state index in [4.69, 9.17) is 4.74 Å². The highest BCUT2D eigenvalue weighted by Gasteiger charge is 2.33. The maximum atomic E-state index is 13.7. The van der Waals surface area contributed by atoms with Crippen molar-refractivity contribution in [3.63, 3.8) is 0 Å². The zero-order valence-electron chi connectivity index (χ0n) is 23.7. The smallest absolute Gasteiger partial charge is 0.253 e. The van der Waals surface area contributed by atoms with Gasteiger partial charge in [-0.25, -0.2) is 4.68 Å². The van der Waals surface area contributed by atoms with Crippen LogP contribution in [0.15, 0.2) is 77.6 Å². The first kappa shape index (κ1) is 26.7. The molecule has 210 valence electrons. The minimum Gasteiger partial charge on any atom is -0.495 e. The number of piperazine rings is 1. The van der Waals surface area contributed by atoms with Gasteiger partial charge in [0.25, 0.3) is 5.56 Å². The monoisotopic (exact) mass is 549 g/mol. The van der Waals surface area contributed by atoms with Crippen LogP contribution in [-0.2, 0) is 13.0 Å². The number of benzene rings is 3. The number of nitrogens with one attached hydrogen (secondary N) is 1. The summed E-state index contributed by atoms with van der Waals surface area (Å²) in [6.07, 6.45) is 0.791. The van der Waals surface area contributed by atoms with Crippen molar-refractivity contribution in [2.75, 3.05) is 38.2 Å². The van der Waals surface area contributed by atoms with E-state index in [1.807, 2.05) is 60.1 Å². The van der Waals surface area contributed by atoms with Gasteiger partial charge in [-0.3, -0.25) is 9.69 Å². The van der Waals surface area contributed by atoms with Crippen LogP contribution >= 0.6 is 0 Å². The molecule has 41 heavy (non-hydrogen) atoms. The number of anilines is 1. The standard InChI is InChI=1S/C32H35N7O2/c1-22-19-23(2)25-21-26(32(40)33-27(25)20-22)30(31-34-35-36-39(31)14-13-24-9-5-4-6-10-24)38-17-15-37(16-18-38)28-11-7-8-12-29(28)41-3/h4-12,19-21,30H,13-18H2,1-3H3,(H,33,40). The Labute approximate surface area is 239 Å². The molecule has 0 bridgehead atoms. The van der Waals surface area contributed by atoms with Crippen molar-refractivity contribution in [3.8, 4) is 5.75 Å². The van der Waals surface area contributed by atoms with Crippen molar-refractivity contribution in [2.45, 2.75) is 32.9 Å². The molecule has 0 amide bonds. The van der Waals surface area contributed by atoms with E-state index >= 15 is 0 Å². The van der Waals surface area contributed by atoms with Crippen molar-refractivity contribution in [3.05, 3.63) is 111 Å². The summed E-state index contributed by atoms with van der Waals surface area (Å²) in [5.74, 6) is 1.54. The molecule has 9 nitrogen and oxygen atoms in total. The molecule has 1 N–H and O–H groups in total. The van der Waals surface area contributed by atoms with Gasteiger partial charge in [0.1, 0.15) is 11.8 Å². The van der Waals surface area contributed by atoms with Gasteiger partial charge in [0, 0.05) is 49.2 Å². The summed E-state index contributed by atoms with van der Waals surface area (Å²) >= 11 is 0. The van der Waals surface area contributed by atoms with Crippen molar-refractivity contribution in [1.82, 2.24) is 30.1 Å². The number of rotatable bonds is 8. The van der Waals surface area contributed by atoms with Gasteiger partial charge in [-0.05, 0) is 71.7 Å². The highest BCUT2D eigenvalue weighted by molar-refractivity contribution is 5.83. The van der Waals surface area contributed by atoms with E-state index in [-0.39, 0.29) is 5.56 Å². The molecule has 0 spiro atoms. The van der Waals surface area contributed by atoms with Crippen molar-refractivity contribution >= 4 is 16.6 Å². The van der Waals surface area contributed by atoms with Crippen molar-refractivity contribution in [2.24, 2.45) is 0 Å². The number of hydrogen-bond acceptors (Lipinski definition) is 7. The predicted octanol–water partition coefficient (Wildman–Crippen LogP) is 4.29. The number of aryl methyl sites for hydroxylation is 4. The third kappa shape index (κ3) is 5.45. The van der Waals surface area contributed by atoms with Crippen LogP contribution < -0.4 is 15.2 Å².